The van der Waals surface area contributed by atoms with Gasteiger partial charge >= 0.3 is 6.03 Å². The fourth-order valence-electron chi connectivity index (χ4n) is 2.41. The molecule has 1 unspecified atom stereocenters. The Kier molecular flexibility index (Phi) is 5.41. The molecular formula is C13H26N2O3. The van der Waals surface area contributed by atoms with Crippen molar-refractivity contribution < 1.29 is 14.6 Å². The van der Waals surface area contributed by atoms with Crippen LogP contribution in [-0.2, 0) is 4.74 Å². The summed E-state index contributed by atoms with van der Waals surface area (Å²) in [6, 6.07) is 0.0113. The Morgan fingerprint density at radius 2 is 1.94 bits per heavy atom. The van der Waals surface area contributed by atoms with Crippen LogP contribution in [0.1, 0.15) is 33.6 Å². The maximum absolute atomic E-state index is 11.9. The second kappa shape index (κ2) is 6.38. The van der Waals surface area contributed by atoms with Gasteiger partial charge in [0.25, 0.3) is 0 Å². The number of likely N-dealkylation sites (N-methyl/N-ethyl adjacent to an activating group) is 1. The maximum atomic E-state index is 11.9. The Balaban J connectivity index is 0.000000771. The first-order chi connectivity index (χ1) is 8.59. The number of urea groups is 1. The number of piperidine rings is 1. The van der Waals surface area contributed by atoms with Crippen LogP contribution < -0.4 is 0 Å². The van der Waals surface area contributed by atoms with Crippen molar-refractivity contribution in [3.05, 3.63) is 0 Å². The van der Waals surface area contributed by atoms with E-state index in [4.69, 9.17) is 9.84 Å². The first-order valence-corrected chi connectivity index (χ1v) is 6.88. The van der Waals surface area contributed by atoms with Gasteiger partial charge in [-0.15, -0.1) is 0 Å². The molecule has 1 spiro atoms. The van der Waals surface area contributed by atoms with Crippen molar-refractivity contribution in [2.75, 3.05) is 33.3 Å². The van der Waals surface area contributed by atoms with Gasteiger partial charge in [0, 0.05) is 26.7 Å². The maximum Gasteiger partial charge on any atom is 0.319 e. The fourth-order valence-corrected chi connectivity index (χ4v) is 2.41. The highest BCUT2D eigenvalue weighted by molar-refractivity contribution is 5.74. The van der Waals surface area contributed by atoms with Gasteiger partial charge in [-0.3, -0.25) is 0 Å². The van der Waals surface area contributed by atoms with E-state index in [-0.39, 0.29) is 18.2 Å². The molecule has 0 aliphatic carbocycles. The van der Waals surface area contributed by atoms with Crippen molar-refractivity contribution in [2.45, 2.75) is 45.3 Å². The lowest BCUT2D eigenvalue weighted by atomic mass is 9.94. The summed E-state index contributed by atoms with van der Waals surface area (Å²) in [7, 11) is 1.72. The zero-order valence-corrected chi connectivity index (χ0v) is 12.0. The average molecular weight is 258 g/mol. The molecule has 5 nitrogen and oxygen atoms in total. The van der Waals surface area contributed by atoms with E-state index in [1.54, 1.807) is 11.9 Å². The molecule has 0 aromatic heterocycles. The van der Waals surface area contributed by atoms with E-state index in [0.717, 1.165) is 25.9 Å². The number of aliphatic hydroxyl groups is 1. The number of rotatable bonds is 2. The van der Waals surface area contributed by atoms with E-state index in [0.29, 0.717) is 12.6 Å². The predicted octanol–water partition coefficient (Wildman–Crippen LogP) is 1.31. The van der Waals surface area contributed by atoms with E-state index in [2.05, 4.69) is 6.92 Å². The number of ether oxygens (including phenoxy) is 1. The lowest BCUT2D eigenvalue weighted by Crippen LogP contribution is -2.48. The number of amides is 2. The molecule has 2 heterocycles. The van der Waals surface area contributed by atoms with E-state index < -0.39 is 0 Å². The van der Waals surface area contributed by atoms with Crippen molar-refractivity contribution in [3.8, 4) is 0 Å². The molecule has 0 radical (unpaired) electrons. The van der Waals surface area contributed by atoms with Crippen LogP contribution in [-0.4, -0.2) is 65.9 Å². The number of carbonyl (C=O) groups is 1. The average Bonchev–Trinajstić information content (AvgIpc) is 3.02. The standard InChI is InChI=1S/C11H20N2O3.C2H6/c1-9-11(16-9)3-5-13(6-4-11)10(15)12(2)7-8-14;1-2/h9,14H,3-8H2,1-2H3;1-2H3. The number of carbonyl (C=O) groups excluding carboxylic acids is 1. The number of hydrogen-bond donors (Lipinski definition) is 1. The zero-order valence-electron chi connectivity index (χ0n) is 12.0. The lowest BCUT2D eigenvalue weighted by Gasteiger charge is -2.33. The van der Waals surface area contributed by atoms with Gasteiger partial charge in [0.2, 0.25) is 0 Å². The Morgan fingerprint density at radius 3 is 2.33 bits per heavy atom. The molecule has 2 saturated heterocycles. The number of likely N-dealkylation sites (tertiary alicyclic amines) is 1. The second-order valence-corrected chi connectivity index (χ2v) is 4.74. The van der Waals surface area contributed by atoms with Crippen molar-refractivity contribution in [3.63, 3.8) is 0 Å². The SMILES string of the molecule is CC.CC1OC12CCN(C(=O)N(C)CCO)CC2. The second-order valence-electron chi connectivity index (χ2n) is 4.74. The predicted molar refractivity (Wildman–Crippen MR) is 70.5 cm³/mol. The highest BCUT2D eigenvalue weighted by atomic mass is 16.6. The molecular weight excluding hydrogens is 232 g/mol. The van der Waals surface area contributed by atoms with E-state index in [1.807, 2.05) is 18.7 Å². The van der Waals surface area contributed by atoms with Gasteiger partial charge < -0.3 is 19.6 Å². The number of epoxide rings is 1. The summed E-state index contributed by atoms with van der Waals surface area (Å²) in [5, 5.41) is 8.78. The van der Waals surface area contributed by atoms with E-state index in [1.165, 1.54) is 0 Å². The minimum atomic E-state index is 0.0113. The summed E-state index contributed by atoms with van der Waals surface area (Å²) >= 11 is 0. The first kappa shape index (κ1) is 15.2. The summed E-state index contributed by atoms with van der Waals surface area (Å²) in [6.45, 7) is 8.03. The van der Waals surface area contributed by atoms with Crippen LogP contribution in [0.25, 0.3) is 0 Å². The highest BCUT2D eigenvalue weighted by Crippen LogP contribution is 2.44. The van der Waals surface area contributed by atoms with Gasteiger partial charge in [0.05, 0.1) is 18.3 Å². The topological polar surface area (TPSA) is 56.3 Å². The Bertz CT molecular complexity index is 275. The molecule has 2 fully saturated rings. The fraction of sp³-hybridized carbons (Fsp3) is 0.923. The lowest BCUT2D eigenvalue weighted by molar-refractivity contribution is 0.120. The quantitative estimate of drug-likeness (QED) is 0.760. The molecule has 2 rings (SSSR count). The minimum Gasteiger partial charge on any atom is -0.395 e. The molecule has 0 saturated carbocycles. The monoisotopic (exact) mass is 258 g/mol. The Morgan fingerprint density at radius 1 is 1.44 bits per heavy atom. The molecule has 5 heteroatoms. The third kappa shape index (κ3) is 3.14. The molecule has 0 aromatic carbocycles. The molecule has 18 heavy (non-hydrogen) atoms. The Labute approximate surface area is 110 Å². The third-order valence-corrected chi connectivity index (χ3v) is 3.74. The van der Waals surface area contributed by atoms with Crippen LogP contribution in [0.15, 0.2) is 0 Å². The van der Waals surface area contributed by atoms with Crippen LogP contribution in [0.4, 0.5) is 4.79 Å². The zero-order chi connectivity index (χ0) is 13.8. The van der Waals surface area contributed by atoms with Crippen LogP contribution in [0.3, 0.4) is 0 Å². The van der Waals surface area contributed by atoms with E-state index >= 15 is 0 Å². The van der Waals surface area contributed by atoms with Gasteiger partial charge in [-0.25, -0.2) is 4.79 Å². The van der Waals surface area contributed by atoms with Gasteiger partial charge in [0.15, 0.2) is 0 Å². The molecule has 2 aliphatic heterocycles. The van der Waals surface area contributed by atoms with Gasteiger partial charge in [-0.1, -0.05) is 13.8 Å². The highest BCUT2D eigenvalue weighted by Gasteiger charge is 2.54. The molecule has 1 N–H and O–H groups in total. The summed E-state index contributed by atoms with van der Waals surface area (Å²) < 4.78 is 5.59. The number of hydrogen-bond acceptors (Lipinski definition) is 3. The number of nitrogens with zero attached hydrogens (tertiary/aromatic N) is 2. The summed E-state index contributed by atoms with van der Waals surface area (Å²) in [5.74, 6) is 0. The van der Waals surface area contributed by atoms with Crippen LogP contribution in [0.2, 0.25) is 0 Å². The van der Waals surface area contributed by atoms with Crippen LogP contribution >= 0.6 is 0 Å². The summed E-state index contributed by atoms with van der Waals surface area (Å²) in [4.78, 5) is 15.3. The summed E-state index contributed by atoms with van der Waals surface area (Å²) in [5.41, 5.74) is 0.0757. The normalized spacial score (nSPS) is 24.3. The molecule has 2 amide bonds. The molecule has 1 atom stereocenters. The first-order valence-electron chi connectivity index (χ1n) is 6.88. The van der Waals surface area contributed by atoms with Crippen LogP contribution in [0, 0.1) is 0 Å². The minimum absolute atomic E-state index is 0.0113. The van der Waals surface area contributed by atoms with Crippen molar-refractivity contribution in [1.29, 1.82) is 0 Å². The smallest absolute Gasteiger partial charge is 0.319 e. The summed E-state index contributed by atoms with van der Waals surface area (Å²) in [6.07, 6.45) is 2.24. The van der Waals surface area contributed by atoms with Gasteiger partial charge in [-0.2, -0.15) is 0 Å². The van der Waals surface area contributed by atoms with Gasteiger partial charge in [0.1, 0.15) is 0 Å². The van der Waals surface area contributed by atoms with Crippen molar-refractivity contribution in [1.82, 2.24) is 9.80 Å². The Hall–Kier alpha value is -0.810. The van der Waals surface area contributed by atoms with E-state index in [9.17, 15) is 4.79 Å². The van der Waals surface area contributed by atoms with Crippen molar-refractivity contribution >= 4 is 6.03 Å². The molecule has 106 valence electrons. The largest absolute Gasteiger partial charge is 0.395 e. The molecule has 0 bridgehead atoms. The van der Waals surface area contributed by atoms with Crippen molar-refractivity contribution in [2.24, 2.45) is 0 Å². The van der Waals surface area contributed by atoms with Crippen LogP contribution in [0.5, 0.6) is 0 Å². The number of aliphatic hydroxyl groups excluding tert-OH is 1. The third-order valence-electron chi connectivity index (χ3n) is 3.74. The molecule has 2 aliphatic rings. The van der Waals surface area contributed by atoms with Gasteiger partial charge in [-0.05, 0) is 19.8 Å². The molecule has 0 aromatic rings.